The highest BCUT2D eigenvalue weighted by Crippen LogP contribution is 2.25. The molecule has 0 heterocycles. The molecule has 2 N–H and O–H groups in total. The van der Waals surface area contributed by atoms with Gasteiger partial charge in [-0.05, 0) is 29.0 Å². The normalized spacial score (nSPS) is 13.3. The average Bonchev–Trinajstić information content (AvgIpc) is 2.37. The smallest absolute Gasteiger partial charge is 0.0551 e. The van der Waals surface area contributed by atoms with E-state index in [1.54, 1.807) is 0 Å². The molecular formula is C18H23N. The molecule has 0 saturated carbocycles. The largest absolute Gasteiger partial charge is 0.320 e. The average molecular weight is 253 g/mol. The molecule has 1 unspecified atom stereocenters. The van der Waals surface area contributed by atoms with Crippen molar-refractivity contribution in [2.75, 3.05) is 0 Å². The number of hydrogen-bond acceptors (Lipinski definition) is 1. The molecule has 0 amide bonds. The summed E-state index contributed by atoms with van der Waals surface area (Å²) in [5, 5.41) is 0. The van der Waals surface area contributed by atoms with Crippen LogP contribution in [0.3, 0.4) is 0 Å². The molecule has 1 heteroatoms. The molecule has 0 aliphatic heterocycles. The van der Waals surface area contributed by atoms with E-state index >= 15 is 0 Å². The van der Waals surface area contributed by atoms with Gasteiger partial charge in [0, 0.05) is 0 Å². The first-order chi connectivity index (χ1) is 8.88. The van der Waals surface area contributed by atoms with E-state index in [1.165, 1.54) is 22.3 Å². The Labute approximate surface area is 116 Å². The maximum absolute atomic E-state index is 6.34. The highest BCUT2D eigenvalue weighted by atomic mass is 14.6. The third-order valence-corrected chi connectivity index (χ3v) is 3.54. The van der Waals surface area contributed by atoms with Gasteiger partial charge in [-0.2, -0.15) is 0 Å². The summed E-state index contributed by atoms with van der Waals surface area (Å²) in [6, 6.07) is 17.0. The molecule has 0 aliphatic rings. The number of hydrogen-bond donors (Lipinski definition) is 1. The lowest BCUT2D eigenvalue weighted by Crippen LogP contribution is -2.14. The summed E-state index contributed by atoms with van der Waals surface area (Å²) in [5.41, 5.74) is 11.5. The van der Waals surface area contributed by atoms with Crippen molar-refractivity contribution in [1.82, 2.24) is 0 Å². The van der Waals surface area contributed by atoms with Gasteiger partial charge < -0.3 is 5.73 Å². The van der Waals surface area contributed by atoms with E-state index < -0.39 is 0 Å². The van der Waals surface area contributed by atoms with E-state index in [0.29, 0.717) is 0 Å². The van der Waals surface area contributed by atoms with Crippen molar-refractivity contribution in [2.24, 2.45) is 5.73 Å². The molecule has 0 saturated heterocycles. The van der Waals surface area contributed by atoms with E-state index in [9.17, 15) is 0 Å². The van der Waals surface area contributed by atoms with Crippen molar-refractivity contribution in [1.29, 1.82) is 0 Å². The zero-order valence-corrected chi connectivity index (χ0v) is 12.3. The fraction of sp³-hybridized carbons (Fsp3) is 0.333. The minimum Gasteiger partial charge on any atom is -0.320 e. The van der Waals surface area contributed by atoms with Crippen LogP contribution >= 0.6 is 0 Å². The Morgan fingerprint density at radius 1 is 0.895 bits per heavy atom. The fourth-order valence-corrected chi connectivity index (χ4v) is 2.25. The molecule has 0 fully saturated rings. The number of rotatable bonds is 2. The van der Waals surface area contributed by atoms with Gasteiger partial charge in [0.2, 0.25) is 0 Å². The Morgan fingerprint density at radius 3 is 2.05 bits per heavy atom. The Hall–Kier alpha value is -1.60. The van der Waals surface area contributed by atoms with Crippen molar-refractivity contribution in [3.05, 3.63) is 70.8 Å². The van der Waals surface area contributed by atoms with Crippen LogP contribution in [0.4, 0.5) is 0 Å². The Bertz CT molecular complexity index is 547. The van der Waals surface area contributed by atoms with Gasteiger partial charge in [-0.1, -0.05) is 74.9 Å². The summed E-state index contributed by atoms with van der Waals surface area (Å²) >= 11 is 0. The summed E-state index contributed by atoms with van der Waals surface area (Å²) < 4.78 is 0. The molecule has 2 rings (SSSR count). The van der Waals surface area contributed by atoms with Crippen LogP contribution in [-0.4, -0.2) is 0 Å². The van der Waals surface area contributed by atoms with E-state index in [0.717, 1.165) is 0 Å². The van der Waals surface area contributed by atoms with Crippen LogP contribution in [0.25, 0.3) is 0 Å². The van der Waals surface area contributed by atoms with E-state index in [-0.39, 0.29) is 11.5 Å². The molecule has 0 bridgehead atoms. The van der Waals surface area contributed by atoms with Crippen LogP contribution < -0.4 is 5.73 Å². The third-order valence-electron chi connectivity index (χ3n) is 3.54. The zero-order chi connectivity index (χ0) is 14.0. The standard InChI is InChI=1S/C18H23N/c1-13-6-5-7-15(12-13)17(19)14-8-10-16(11-9-14)18(2,3)4/h5-12,17H,19H2,1-4H3. The second kappa shape index (κ2) is 5.18. The quantitative estimate of drug-likeness (QED) is 0.846. The fourth-order valence-electron chi connectivity index (χ4n) is 2.25. The number of aryl methyl sites for hydroxylation is 1. The third kappa shape index (κ3) is 3.24. The minimum absolute atomic E-state index is 0.0473. The second-order valence-electron chi connectivity index (χ2n) is 6.26. The van der Waals surface area contributed by atoms with Gasteiger partial charge in [0.05, 0.1) is 6.04 Å². The van der Waals surface area contributed by atoms with Crippen LogP contribution in [0, 0.1) is 6.92 Å². The van der Waals surface area contributed by atoms with Crippen molar-refractivity contribution < 1.29 is 0 Å². The number of benzene rings is 2. The topological polar surface area (TPSA) is 26.0 Å². The zero-order valence-electron chi connectivity index (χ0n) is 12.3. The highest BCUT2D eigenvalue weighted by molar-refractivity contribution is 5.36. The first-order valence-electron chi connectivity index (χ1n) is 6.80. The Morgan fingerprint density at radius 2 is 1.53 bits per heavy atom. The molecule has 0 aromatic heterocycles. The Balaban J connectivity index is 2.27. The molecule has 100 valence electrons. The molecule has 1 atom stereocenters. The predicted octanol–water partition coefficient (Wildman–Crippen LogP) is 4.34. The summed E-state index contributed by atoms with van der Waals surface area (Å²) in [7, 11) is 0. The molecule has 19 heavy (non-hydrogen) atoms. The lowest BCUT2D eigenvalue weighted by molar-refractivity contribution is 0.589. The molecule has 0 spiro atoms. The minimum atomic E-state index is -0.0473. The lowest BCUT2D eigenvalue weighted by atomic mass is 9.86. The van der Waals surface area contributed by atoms with Crippen molar-refractivity contribution >= 4 is 0 Å². The van der Waals surface area contributed by atoms with Gasteiger partial charge in [0.15, 0.2) is 0 Å². The van der Waals surface area contributed by atoms with Gasteiger partial charge in [0.25, 0.3) is 0 Å². The summed E-state index contributed by atoms with van der Waals surface area (Å²) in [6.45, 7) is 8.77. The monoisotopic (exact) mass is 253 g/mol. The van der Waals surface area contributed by atoms with Crippen LogP contribution in [0.15, 0.2) is 48.5 Å². The first kappa shape index (κ1) is 13.8. The van der Waals surface area contributed by atoms with Gasteiger partial charge in [-0.25, -0.2) is 0 Å². The van der Waals surface area contributed by atoms with Gasteiger partial charge >= 0.3 is 0 Å². The van der Waals surface area contributed by atoms with Crippen LogP contribution in [0.2, 0.25) is 0 Å². The molecule has 2 aromatic rings. The van der Waals surface area contributed by atoms with Crippen molar-refractivity contribution in [3.63, 3.8) is 0 Å². The summed E-state index contributed by atoms with van der Waals surface area (Å²) in [4.78, 5) is 0. The van der Waals surface area contributed by atoms with Gasteiger partial charge in [-0.15, -0.1) is 0 Å². The first-order valence-corrected chi connectivity index (χ1v) is 6.80. The molecular weight excluding hydrogens is 230 g/mol. The van der Waals surface area contributed by atoms with E-state index in [2.05, 4.69) is 76.2 Å². The lowest BCUT2D eigenvalue weighted by Gasteiger charge is -2.20. The molecule has 0 aliphatic carbocycles. The SMILES string of the molecule is Cc1cccc(C(N)c2ccc(C(C)(C)C)cc2)c1. The van der Waals surface area contributed by atoms with E-state index in [4.69, 9.17) is 5.73 Å². The van der Waals surface area contributed by atoms with Crippen LogP contribution in [-0.2, 0) is 5.41 Å². The molecule has 0 radical (unpaired) electrons. The van der Waals surface area contributed by atoms with E-state index in [1.807, 2.05) is 0 Å². The predicted molar refractivity (Wildman–Crippen MR) is 82.4 cm³/mol. The summed E-state index contributed by atoms with van der Waals surface area (Å²) in [5.74, 6) is 0. The van der Waals surface area contributed by atoms with Crippen LogP contribution in [0.5, 0.6) is 0 Å². The highest BCUT2D eigenvalue weighted by Gasteiger charge is 2.14. The maximum Gasteiger partial charge on any atom is 0.0551 e. The Kier molecular flexibility index (Phi) is 3.77. The van der Waals surface area contributed by atoms with Gasteiger partial charge in [-0.3, -0.25) is 0 Å². The summed E-state index contributed by atoms with van der Waals surface area (Å²) in [6.07, 6.45) is 0. The van der Waals surface area contributed by atoms with Crippen molar-refractivity contribution in [2.45, 2.75) is 39.2 Å². The maximum atomic E-state index is 6.34. The second-order valence-corrected chi connectivity index (χ2v) is 6.26. The molecule has 2 aromatic carbocycles. The van der Waals surface area contributed by atoms with Crippen LogP contribution in [0.1, 0.15) is 49.1 Å². The molecule has 1 nitrogen and oxygen atoms in total. The van der Waals surface area contributed by atoms with Crippen molar-refractivity contribution in [3.8, 4) is 0 Å². The number of nitrogens with two attached hydrogens (primary N) is 1. The van der Waals surface area contributed by atoms with Gasteiger partial charge in [0.1, 0.15) is 0 Å².